The van der Waals surface area contributed by atoms with Crippen molar-refractivity contribution >= 4 is 21.6 Å². The monoisotopic (exact) mass is 384 g/mol. The number of hydrogen-bond donors (Lipinski definition) is 1. The quantitative estimate of drug-likeness (QED) is 0.677. The topological polar surface area (TPSA) is 84.3 Å². The van der Waals surface area contributed by atoms with Gasteiger partial charge < -0.3 is 5.32 Å². The highest BCUT2D eigenvalue weighted by Crippen LogP contribution is 2.15. The van der Waals surface area contributed by atoms with Crippen LogP contribution in [0.2, 0.25) is 0 Å². The maximum atomic E-state index is 12.5. The molecule has 140 valence electrons. The summed E-state index contributed by atoms with van der Waals surface area (Å²) in [6, 6.07) is 17.2. The minimum Gasteiger partial charge on any atom is -0.325 e. The molecule has 8 heteroatoms. The Morgan fingerprint density at radius 2 is 1.89 bits per heavy atom. The standard InChI is InChI=1S/C19H20N4O3S/c1-22(27(25,26)18-9-3-2-4-10-18)15-19(24)21-17-8-5-7-16(13-17)14-23-12-6-11-20-23/h2-13H,14-15H2,1H3,(H,21,24). The van der Waals surface area contributed by atoms with Crippen molar-refractivity contribution in [3.05, 3.63) is 78.6 Å². The van der Waals surface area contributed by atoms with Crippen LogP contribution >= 0.6 is 0 Å². The Morgan fingerprint density at radius 1 is 1.11 bits per heavy atom. The van der Waals surface area contributed by atoms with E-state index < -0.39 is 15.9 Å². The first-order chi connectivity index (χ1) is 12.9. The molecule has 1 heterocycles. The van der Waals surface area contributed by atoms with E-state index in [-0.39, 0.29) is 11.4 Å². The number of nitrogens with one attached hydrogen (secondary N) is 1. The summed E-state index contributed by atoms with van der Waals surface area (Å²) in [5, 5.41) is 6.89. The van der Waals surface area contributed by atoms with Gasteiger partial charge in [-0.05, 0) is 35.9 Å². The molecule has 0 fully saturated rings. The van der Waals surface area contributed by atoms with Gasteiger partial charge in [-0.15, -0.1) is 0 Å². The zero-order valence-electron chi connectivity index (χ0n) is 14.8. The molecule has 27 heavy (non-hydrogen) atoms. The van der Waals surface area contributed by atoms with Gasteiger partial charge in [-0.2, -0.15) is 9.40 Å². The van der Waals surface area contributed by atoms with Crippen molar-refractivity contribution in [2.45, 2.75) is 11.4 Å². The van der Waals surface area contributed by atoms with E-state index in [1.165, 1.54) is 19.2 Å². The van der Waals surface area contributed by atoms with E-state index in [2.05, 4.69) is 10.4 Å². The minimum absolute atomic E-state index is 0.154. The average Bonchev–Trinajstić information content (AvgIpc) is 3.15. The fourth-order valence-corrected chi connectivity index (χ4v) is 3.74. The highest BCUT2D eigenvalue weighted by Gasteiger charge is 2.22. The van der Waals surface area contributed by atoms with Gasteiger partial charge in [-0.3, -0.25) is 9.48 Å². The number of hydrogen-bond acceptors (Lipinski definition) is 4. The molecule has 2 aromatic carbocycles. The van der Waals surface area contributed by atoms with Gasteiger partial charge in [0.1, 0.15) is 0 Å². The second kappa shape index (κ2) is 8.15. The number of amides is 1. The fraction of sp³-hybridized carbons (Fsp3) is 0.158. The van der Waals surface area contributed by atoms with Crippen LogP contribution in [0.25, 0.3) is 0 Å². The average molecular weight is 384 g/mol. The first kappa shape index (κ1) is 18.8. The van der Waals surface area contributed by atoms with Crippen LogP contribution in [-0.2, 0) is 21.4 Å². The zero-order chi connectivity index (χ0) is 19.3. The lowest BCUT2D eigenvalue weighted by Gasteiger charge is -2.17. The molecule has 0 unspecified atom stereocenters. The van der Waals surface area contributed by atoms with Crippen LogP contribution < -0.4 is 5.32 Å². The summed E-state index contributed by atoms with van der Waals surface area (Å²) >= 11 is 0. The lowest BCUT2D eigenvalue weighted by atomic mass is 10.2. The van der Waals surface area contributed by atoms with Crippen molar-refractivity contribution in [1.82, 2.24) is 14.1 Å². The zero-order valence-corrected chi connectivity index (χ0v) is 15.6. The van der Waals surface area contributed by atoms with Gasteiger partial charge in [0.15, 0.2) is 0 Å². The molecule has 0 spiro atoms. The highest BCUT2D eigenvalue weighted by atomic mass is 32.2. The third kappa shape index (κ3) is 4.81. The number of aromatic nitrogens is 2. The Kier molecular flexibility index (Phi) is 5.68. The first-order valence-electron chi connectivity index (χ1n) is 8.33. The molecule has 3 aromatic rings. The third-order valence-corrected chi connectivity index (χ3v) is 5.75. The number of carbonyl (C=O) groups excluding carboxylic acids is 1. The molecule has 3 rings (SSSR count). The maximum absolute atomic E-state index is 12.5. The number of carbonyl (C=O) groups is 1. The van der Waals surface area contributed by atoms with E-state index in [4.69, 9.17) is 0 Å². The molecule has 7 nitrogen and oxygen atoms in total. The molecule has 0 saturated heterocycles. The molecule has 1 N–H and O–H groups in total. The van der Waals surface area contributed by atoms with Gasteiger partial charge in [0.25, 0.3) is 0 Å². The molecule has 0 radical (unpaired) electrons. The highest BCUT2D eigenvalue weighted by molar-refractivity contribution is 7.89. The van der Waals surface area contributed by atoms with E-state index >= 15 is 0 Å². The number of anilines is 1. The van der Waals surface area contributed by atoms with Crippen molar-refractivity contribution < 1.29 is 13.2 Å². The van der Waals surface area contributed by atoms with Gasteiger partial charge in [-0.1, -0.05) is 30.3 Å². The largest absolute Gasteiger partial charge is 0.325 e. The molecular formula is C19H20N4O3S. The molecule has 0 aliphatic rings. The van der Waals surface area contributed by atoms with Gasteiger partial charge >= 0.3 is 0 Å². The lowest BCUT2D eigenvalue weighted by Crippen LogP contribution is -2.34. The molecule has 0 aliphatic heterocycles. The maximum Gasteiger partial charge on any atom is 0.243 e. The Labute approximate surface area is 158 Å². The number of nitrogens with zero attached hydrogens (tertiary/aromatic N) is 3. The normalized spacial score (nSPS) is 11.5. The SMILES string of the molecule is CN(CC(=O)Nc1cccc(Cn2cccn2)c1)S(=O)(=O)c1ccccc1. The van der Waals surface area contributed by atoms with E-state index in [1.807, 2.05) is 30.5 Å². The summed E-state index contributed by atoms with van der Waals surface area (Å²) in [6.07, 6.45) is 3.56. The van der Waals surface area contributed by atoms with E-state index in [0.717, 1.165) is 9.87 Å². The lowest BCUT2D eigenvalue weighted by molar-refractivity contribution is -0.116. The minimum atomic E-state index is -3.71. The Bertz CT molecular complexity index is 1000. The van der Waals surface area contributed by atoms with Crippen molar-refractivity contribution in [3.8, 4) is 0 Å². The van der Waals surface area contributed by atoms with Crippen molar-refractivity contribution in [1.29, 1.82) is 0 Å². The predicted molar refractivity (Wildman–Crippen MR) is 103 cm³/mol. The van der Waals surface area contributed by atoms with Crippen LogP contribution in [0.5, 0.6) is 0 Å². The number of sulfonamides is 1. The van der Waals surface area contributed by atoms with Crippen LogP contribution in [0.1, 0.15) is 5.56 Å². The molecule has 0 atom stereocenters. The van der Waals surface area contributed by atoms with Crippen molar-refractivity contribution in [2.24, 2.45) is 0 Å². The summed E-state index contributed by atoms with van der Waals surface area (Å²) in [7, 11) is -2.32. The van der Waals surface area contributed by atoms with Crippen LogP contribution in [0.15, 0.2) is 78.0 Å². The third-order valence-electron chi connectivity index (χ3n) is 3.93. The molecule has 0 bridgehead atoms. The summed E-state index contributed by atoms with van der Waals surface area (Å²) in [5.41, 5.74) is 1.58. The second-order valence-electron chi connectivity index (χ2n) is 6.03. The molecule has 1 amide bonds. The first-order valence-corrected chi connectivity index (χ1v) is 9.77. The summed E-state index contributed by atoms with van der Waals surface area (Å²) in [6.45, 7) is 0.305. The van der Waals surface area contributed by atoms with Crippen LogP contribution in [-0.4, -0.2) is 42.0 Å². The fourth-order valence-electron chi connectivity index (χ4n) is 2.59. The summed E-state index contributed by atoms with van der Waals surface area (Å²) in [5.74, 6) is -0.409. The van der Waals surface area contributed by atoms with E-state index in [0.29, 0.717) is 12.2 Å². The van der Waals surface area contributed by atoms with Crippen LogP contribution in [0.3, 0.4) is 0 Å². The number of benzene rings is 2. The van der Waals surface area contributed by atoms with E-state index in [1.54, 1.807) is 35.1 Å². The van der Waals surface area contributed by atoms with Gasteiger partial charge in [0.2, 0.25) is 15.9 Å². The molecular weight excluding hydrogens is 364 g/mol. The Balaban J connectivity index is 1.64. The molecule has 1 aromatic heterocycles. The Morgan fingerprint density at radius 3 is 2.59 bits per heavy atom. The Hall–Kier alpha value is -2.97. The summed E-state index contributed by atoms with van der Waals surface area (Å²) in [4.78, 5) is 12.4. The second-order valence-corrected chi connectivity index (χ2v) is 8.07. The van der Waals surface area contributed by atoms with E-state index in [9.17, 15) is 13.2 Å². The van der Waals surface area contributed by atoms with Crippen LogP contribution in [0.4, 0.5) is 5.69 Å². The van der Waals surface area contributed by atoms with Crippen LogP contribution in [0, 0.1) is 0 Å². The number of rotatable bonds is 7. The summed E-state index contributed by atoms with van der Waals surface area (Å²) < 4.78 is 27.8. The van der Waals surface area contributed by atoms with Gasteiger partial charge in [0, 0.05) is 25.1 Å². The molecule has 0 aliphatic carbocycles. The predicted octanol–water partition coefficient (Wildman–Crippen LogP) is 2.19. The van der Waals surface area contributed by atoms with Gasteiger partial charge in [0.05, 0.1) is 18.0 Å². The molecule has 0 saturated carbocycles. The van der Waals surface area contributed by atoms with Crippen molar-refractivity contribution in [3.63, 3.8) is 0 Å². The number of likely N-dealkylation sites (N-methyl/N-ethyl adjacent to an activating group) is 1. The van der Waals surface area contributed by atoms with Gasteiger partial charge in [-0.25, -0.2) is 8.42 Å². The van der Waals surface area contributed by atoms with Crippen molar-refractivity contribution in [2.75, 3.05) is 18.9 Å². The smallest absolute Gasteiger partial charge is 0.243 e.